The van der Waals surface area contributed by atoms with Crippen LogP contribution in [-0.2, 0) is 0 Å². The Morgan fingerprint density at radius 3 is 3.00 bits per heavy atom. The molecule has 0 bridgehead atoms. The molecule has 3 rings (SSSR count). The highest BCUT2D eigenvalue weighted by molar-refractivity contribution is 9.10. The molecule has 1 heterocycles. The lowest BCUT2D eigenvalue weighted by atomic mass is 10.1. The number of H-pyrrole nitrogens is 1. The minimum Gasteiger partial charge on any atom is -0.320 e. The fourth-order valence-electron chi connectivity index (χ4n) is 2.10. The molecule has 0 aliphatic rings. The van der Waals surface area contributed by atoms with Crippen LogP contribution in [0.25, 0.3) is 10.9 Å². The van der Waals surface area contributed by atoms with Crippen molar-refractivity contribution in [3.05, 3.63) is 58.2 Å². The molecule has 5 heteroatoms. The fourth-order valence-corrected chi connectivity index (χ4v) is 2.46. The van der Waals surface area contributed by atoms with Crippen LogP contribution in [0.15, 0.2) is 47.1 Å². The molecule has 1 amide bonds. The molecule has 0 saturated heterocycles. The van der Waals surface area contributed by atoms with Gasteiger partial charge in [-0.25, -0.2) is 0 Å². The summed E-state index contributed by atoms with van der Waals surface area (Å²) in [5.74, 6) is -0.133. The average Bonchev–Trinajstić information content (AvgIpc) is 2.91. The van der Waals surface area contributed by atoms with Crippen molar-refractivity contribution in [2.75, 3.05) is 5.32 Å². The van der Waals surface area contributed by atoms with E-state index in [0.29, 0.717) is 5.56 Å². The Kier molecular flexibility index (Phi) is 3.28. The number of anilines is 1. The zero-order valence-corrected chi connectivity index (χ0v) is 12.4. The number of nitrogens with one attached hydrogen (secondary N) is 2. The van der Waals surface area contributed by atoms with E-state index < -0.39 is 0 Å². The van der Waals surface area contributed by atoms with E-state index in [9.17, 15) is 4.79 Å². The summed E-state index contributed by atoms with van der Waals surface area (Å²) in [5, 5.41) is 10.8. The Bertz CT molecular complexity index is 795. The third-order valence-corrected chi connectivity index (χ3v) is 3.66. The number of aromatic nitrogens is 2. The van der Waals surface area contributed by atoms with Gasteiger partial charge in [-0.2, -0.15) is 5.10 Å². The Hall–Kier alpha value is -2.14. The first-order valence-corrected chi connectivity index (χ1v) is 6.94. The maximum atomic E-state index is 12.4. The normalized spacial score (nSPS) is 10.7. The number of amides is 1. The largest absolute Gasteiger partial charge is 0.320 e. The van der Waals surface area contributed by atoms with Crippen molar-refractivity contribution in [3.8, 4) is 0 Å². The predicted octanol–water partition coefficient (Wildman–Crippen LogP) is 3.89. The fraction of sp³-hybridized carbons (Fsp3) is 0.0667. The molecule has 0 atom stereocenters. The number of rotatable bonds is 2. The Labute approximate surface area is 124 Å². The summed E-state index contributed by atoms with van der Waals surface area (Å²) in [4.78, 5) is 12.4. The number of para-hydroxylation sites is 1. The molecule has 0 aliphatic carbocycles. The van der Waals surface area contributed by atoms with Crippen molar-refractivity contribution in [3.63, 3.8) is 0 Å². The summed E-state index contributed by atoms with van der Waals surface area (Å²) in [7, 11) is 0. The number of benzene rings is 2. The quantitative estimate of drug-likeness (QED) is 0.749. The molecule has 0 radical (unpaired) electrons. The maximum Gasteiger partial charge on any atom is 0.256 e. The monoisotopic (exact) mass is 329 g/mol. The highest BCUT2D eigenvalue weighted by Crippen LogP contribution is 2.22. The van der Waals surface area contributed by atoms with E-state index in [1.54, 1.807) is 6.20 Å². The molecule has 0 spiro atoms. The van der Waals surface area contributed by atoms with E-state index in [2.05, 4.69) is 31.4 Å². The molecule has 2 aromatic carbocycles. The first-order valence-electron chi connectivity index (χ1n) is 6.15. The first kappa shape index (κ1) is 12.9. The van der Waals surface area contributed by atoms with Gasteiger partial charge < -0.3 is 5.32 Å². The number of aryl methyl sites for hydroxylation is 1. The van der Waals surface area contributed by atoms with E-state index in [-0.39, 0.29) is 5.91 Å². The summed E-state index contributed by atoms with van der Waals surface area (Å²) in [5.41, 5.74) is 3.14. The lowest BCUT2D eigenvalue weighted by molar-refractivity contribution is 0.102. The molecule has 1 aromatic heterocycles. The molecule has 20 heavy (non-hydrogen) atoms. The van der Waals surface area contributed by atoms with Crippen molar-refractivity contribution in [1.82, 2.24) is 10.2 Å². The number of hydrogen-bond donors (Lipinski definition) is 2. The molecule has 0 unspecified atom stereocenters. The lowest BCUT2D eigenvalue weighted by Crippen LogP contribution is -2.13. The van der Waals surface area contributed by atoms with Gasteiger partial charge in [0.1, 0.15) is 0 Å². The second kappa shape index (κ2) is 5.09. The van der Waals surface area contributed by atoms with Gasteiger partial charge in [0.25, 0.3) is 5.91 Å². The van der Waals surface area contributed by atoms with Crippen molar-refractivity contribution in [2.24, 2.45) is 0 Å². The minimum absolute atomic E-state index is 0.133. The second-order valence-electron chi connectivity index (χ2n) is 4.55. The number of nitrogens with zero attached hydrogens (tertiary/aromatic N) is 1. The molecule has 2 N–H and O–H groups in total. The van der Waals surface area contributed by atoms with Gasteiger partial charge in [0.15, 0.2) is 0 Å². The number of halogens is 1. The number of hydrogen-bond acceptors (Lipinski definition) is 2. The highest BCUT2D eigenvalue weighted by atomic mass is 79.9. The molecule has 3 aromatic rings. The molecular weight excluding hydrogens is 318 g/mol. The van der Waals surface area contributed by atoms with Crippen molar-refractivity contribution in [1.29, 1.82) is 0 Å². The van der Waals surface area contributed by atoms with E-state index >= 15 is 0 Å². The summed E-state index contributed by atoms with van der Waals surface area (Å²) >= 11 is 3.39. The Balaban J connectivity index is 1.96. The third kappa shape index (κ3) is 2.32. The molecule has 100 valence electrons. The van der Waals surface area contributed by atoms with Crippen LogP contribution in [0.4, 0.5) is 5.69 Å². The number of carbonyl (C=O) groups is 1. The SMILES string of the molecule is Cc1ccc(Br)cc1C(=O)Nc1cccc2cn[nH]c12. The van der Waals surface area contributed by atoms with Crippen LogP contribution in [0, 0.1) is 6.92 Å². The predicted molar refractivity (Wildman–Crippen MR) is 82.9 cm³/mol. The van der Waals surface area contributed by atoms with E-state index in [1.807, 2.05) is 43.3 Å². The van der Waals surface area contributed by atoms with Gasteiger partial charge in [0.05, 0.1) is 17.4 Å². The Morgan fingerprint density at radius 2 is 2.15 bits per heavy atom. The molecule has 0 fully saturated rings. The van der Waals surface area contributed by atoms with Crippen molar-refractivity contribution < 1.29 is 4.79 Å². The van der Waals surface area contributed by atoms with Gasteiger partial charge in [-0.15, -0.1) is 0 Å². The van der Waals surface area contributed by atoms with Crippen molar-refractivity contribution >= 4 is 38.4 Å². The molecular formula is C15H12BrN3O. The summed E-state index contributed by atoms with van der Waals surface area (Å²) < 4.78 is 0.882. The van der Waals surface area contributed by atoms with Crippen LogP contribution in [0.5, 0.6) is 0 Å². The standard InChI is InChI=1S/C15H12BrN3O/c1-9-5-6-11(16)7-12(9)15(20)18-13-4-2-3-10-8-17-19-14(10)13/h2-8H,1H3,(H,17,19)(H,18,20). The maximum absolute atomic E-state index is 12.4. The number of aromatic amines is 1. The number of carbonyl (C=O) groups excluding carboxylic acids is 1. The summed E-state index contributed by atoms with van der Waals surface area (Å²) in [6.45, 7) is 1.91. The average molecular weight is 330 g/mol. The highest BCUT2D eigenvalue weighted by Gasteiger charge is 2.12. The lowest BCUT2D eigenvalue weighted by Gasteiger charge is -2.09. The van der Waals surface area contributed by atoms with E-state index in [0.717, 1.165) is 26.6 Å². The van der Waals surface area contributed by atoms with Gasteiger partial charge in [0, 0.05) is 15.4 Å². The molecule has 4 nitrogen and oxygen atoms in total. The van der Waals surface area contributed by atoms with Crippen LogP contribution in [0.3, 0.4) is 0 Å². The second-order valence-corrected chi connectivity index (χ2v) is 5.47. The summed E-state index contributed by atoms with van der Waals surface area (Å²) in [6, 6.07) is 11.3. The van der Waals surface area contributed by atoms with E-state index in [1.165, 1.54) is 0 Å². The zero-order chi connectivity index (χ0) is 14.1. The van der Waals surface area contributed by atoms with Crippen molar-refractivity contribution in [2.45, 2.75) is 6.92 Å². The van der Waals surface area contributed by atoms with E-state index in [4.69, 9.17) is 0 Å². The number of fused-ring (bicyclic) bond motifs is 1. The van der Waals surface area contributed by atoms with Crippen LogP contribution in [-0.4, -0.2) is 16.1 Å². The van der Waals surface area contributed by atoms with Gasteiger partial charge >= 0.3 is 0 Å². The van der Waals surface area contributed by atoms with Crippen LogP contribution in [0.1, 0.15) is 15.9 Å². The Morgan fingerprint density at radius 1 is 1.30 bits per heavy atom. The van der Waals surface area contributed by atoms with Gasteiger partial charge in [-0.05, 0) is 30.7 Å². The molecule has 0 saturated carbocycles. The third-order valence-electron chi connectivity index (χ3n) is 3.17. The van der Waals surface area contributed by atoms with Crippen LogP contribution in [0.2, 0.25) is 0 Å². The molecule has 0 aliphatic heterocycles. The topological polar surface area (TPSA) is 57.8 Å². The van der Waals surface area contributed by atoms with Gasteiger partial charge in [-0.1, -0.05) is 34.1 Å². The zero-order valence-electron chi connectivity index (χ0n) is 10.8. The summed E-state index contributed by atoms with van der Waals surface area (Å²) in [6.07, 6.45) is 1.73. The van der Waals surface area contributed by atoms with Gasteiger partial charge in [0.2, 0.25) is 0 Å². The van der Waals surface area contributed by atoms with Crippen LogP contribution < -0.4 is 5.32 Å². The smallest absolute Gasteiger partial charge is 0.256 e. The first-order chi connectivity index (χ1) is 9.65. The van der Waals surface area contributed by atoms with Crippen LogP contribution >= 0.6 is 15.9 Å². The minimum atomic E-state index is -0.133. The van der Waals surface area contributed by atoms with Gasteiger partial charge in [-0.3, -0.25) is 9.89 Å².